The summed E-state index contributed by atoms with van der Waals surface area (Å²) in [4.78, 5) is 11.9. The van der Waals surface area contributed by atoms with Crippen molar-refractivity contribution in [1.82, 2.24) is 5.32 Å². The first-order chi connectivity index (χ1) is 8.11. The molecule has 1 saturated carbocycles. The maximum Gasteiger partial charge on any atom is 0.251 e. The Morgan fingerprint density at radius 3 is 2.82 bits per heavy atom. The Hall–Kier alpha value is -1.13. The summed E-state index contributed by atoms with van der Waals surface area (Å²) in [6.07, 6.45) is 2.21. The minimum atomic E-state index is -0.527. The third-order valence-electron chi connectivity index (χ3n) is 2.94. The highest BCUT2D eigenvalue weighted by atomic mass is 35.5. The largest absolute Gasteiger partial charge is 0.348 e. The average Bonchev–Trinajstić information content (AvgIpc) is 3.13. The van der Waals surface area contributed by atoms with Crippen molar-refractivity contribution in [2.75, 3.05) is 6.54 Å². The first-order valence-corrected chi connectivity index (χ1v) is 5.95. The first-order valence-electron chi connectivity index (χ1n) is 5.58. The van der Waals surface area contributed by atoms with E-state index in [9.17, 15) is 9.18 Å². The fourth-order valence-electron chi connectivity index (χ4n) is 1.76. The van der Waals surface area contributed by atoms with E-state index in [0.717, 1.165) is 12.8 Å². The number of nitrogens with one attached hydrogen (secondary N) is 1. The van der Waals surface area contributed by atoms with Crippen LogP contribution in [0.4, 0.5) is 4.39 Å². The van der Waals surface area contributed by atoms with E-state index < -0.39 is 5.82 Å². The normalized spacial score (nSPS) is 16.6. The fourth-order valence-corrected chi connectivity index (χ4v) is 1.94. The lowest BCUT2D eigenvalue weighted by Crippen LogP contribution is -2.41. The van der Waals surface area contributed by atoms with Crippen LogP contribution in [0.3, 0.4) is 0 Å². The lowest BCUT2D eigenvalue weighted by molar-refractivity contribution is 0.0933. The van der Waals surface area contributed by atoms with E-state index in [-0.39, 0.29) is 17.0 Å². The molecule has 0 radical (unpaired) electrons. The second-order valence-electron chi connectivity index (χ2n) is 4.28. The maximum absolute atomic E-state index is 12.9. The molecule has 0 bridgehead atoms. The lowest BCUT2D eigenvalue weighted by Gasteiger charge is -2.16. The third-order valence-corrected chi connectivity index (χ3v) is 3.23. The number of halogens is 2. The van der Waals surface area contributed by atoms with Crippen LogP contribution in [0, 0.1) is 11.7 Å². The molecule has 1 atom stereocenters. The minimum Gasteiger partial charge on any atom is -0.348 e. The highest BCUT2D eigenvalue weighted by Crippen LogP contribution is 2.32. The van der Waals surface area contributed by atoms with E-state index in [0.29, 0.717) is 18.0 Å². The molecule has 3 N–H and O–H groups in total. The number of nitrogens with two attached hydrogens (primary N) is 1. The summed E-state index contributed by atoms with van der Waals surface area (Å²) in [6, 6.07) is 3.93. The van der Waals surface area contributed by atoms with Gasteiger partial charge < -0.3 is 11.1 Å². The van der Waals surface area contributed by atoms with Gasteiger partial charge in [0.2, 0.25) is 0 Å². The van der Waals surface area contributed by atoms with Crippen LogP contribution >= 0.6 is 11.6 Å². The Morgan fingerprint density at radius 2 is 2.29 bits per heavy atom. The number of amides is 1. The van der Waals surface area contributed by atoms with Crippen molar-refractivity contribution in [3.63, 3.8) is 0 Å². The van der Waals surface area contributed by atoms with Crippen LogP contribution < -0.4 is 11.1 Å². The van der Waals surface area contributed by atoms with E-state index in [1.807, 2.05) is 0 Å². The van der Waals surface area contributed by atoms with E-state index in [4.69, 9.17) is 17.3 Å². The SMILES string of the molecule is NCC(NC(=O)c1ccc(F)c(Cl)c1)C1CC1. The predicted molar refractivity (Wildman–Crippen MR) is 64.4 cm³/mol. The summed E-state index contributed by atoms with van der Waals surface area (Å²) in [5, 5.41) is 2.80. The molecular formula is C12H14ClFN2O. The van der Waals surface area contributed by atoms with Gasteiger partial charge in [0.1, 0.15) is 5.82 Å². The highest BCUT2D eigenvalue weighted by Gasteiger charge is 2.31. The lowest BCUT2D eigenvalue weighted by atomic mass is 10.1. The van der Waals surface area contributed by atoms with Gasteiger partial charge >= 0.3 is 0 Å². The van der Waals surface area contributed by atoms with Crippen molar-refractivity contribution in [3.8, 4) is 0 Å². The van der Waals surface area contributed by atoms with Crippen molar-refractivity contribution in [2.24, 2.45) is 11.7 Å². The number of benzene rings is 1. The Kier molecular flexibility index (Phi) is 3.64. The quantitative estimate of drug-likeness (QED) is 0.865. The third kappa shape index (κ3) is 2.96. The van der Waals surface area contributed by atoms with Crippen molar-refractivity contribution in [1.29, 1.82) is 0 Å². The predicted octanol–water partition coefficient (Wildman–Crippen LogP) is 1.95. The molecular weight excluding hydrogens is 243 g/mol. The molecule has 1 aromatic rings. The maximum atomic E-state index is 12.9. The molecule has 92 valence electrons. The van der Waals surface area contributed by atoms with Gasteiger partial charge in [0, 0.05) is 18.2 Å². The van der Waals surface area contributed by atoms with Gasteiger partial charge in [0.05, 0.1) is 5.02 Å². The highest BCUT2D eigenvalue weighted by molar-refractivity contribution is 6.31. The van der Waals surface area contributed by atoms with Gasteiger partial charge in [-0.2, -0.15) is 0 Å². The summed E-state index contributed by atoms with van der Waals surface area (Å²) in [7, 11) is 0. The molecule has 5 heteroatoms. The second kappa shape index (κ2) is 5.02. The number of hydrogen-bond acceptors (Lipinski definition) is 2. The number of hydrogen-bond donors (Lipinski definition) is 2. The van der Waals surface area contributed by atoms with E-state index in [1.54, 1.807) is 0 Å². The zero-order valence-electron chi connectivity index (χ0n) is 9.25. The molecule has 1 aromatic carbocycles. The van der Waals surface area contributed by atoms with Gasteiger partial charge in [0.15, 0.2) is 0 Å². The van der Waals surface area contributed by atoms with Gasteiger partial charge in [-0.3, -0.25) is 4.79 Å². The summed E-state index contributed by atoms with van der Waals surface area (Å²) in [6.45, 7) is 0.422. The van der Waals surface area contributed by atoms with Crippen molar-refractivity contribution < 1.29 is 9.18 Å². The Bertz CT molecular complexity index is 435. The molecule has 0 aromatic heterocycles. The van der Waals surface area contributed by atoms with Crippen LogP contribution in [0.2, 0.25) is 5.02 Å². The molecule has 1 unspecified atom stereocenters. The van der Waals surface area contributed by atoms with Crippen molar-refractivity contribution in [2.45, 2.75) is 18.9 Å². The zero-order chi connectivity index (χ0) is 12.4. The summed E-state index contributed by atoms with van der Waals surface area (Å²) in [5.74, 6) is -0.296. The molecule has 1 aliphatic carbocycles. The number of rotatable bonds is 4. The minimum absolute atomic E-state index is 0.00586. The summed E-state index contributed by atoms with van der Waals surface area (Å²) < 4.78 is 12.9. The fraction of sp³-hybridized carbons (Fsp3) is 0.417. The molecule has 0 spiro atoms. The van der Waals surface area contributed by atoms with Crippen LogP contribution in [0.15, 0.2) is 18.2 Å². The Labute approximate surface area is 104 Å². The van der Waals surface area contributed by atoms with Gasteiger partial charge in [-0.05, 0) is 37.0 Å². The first kappa shape index (κ1) is 12.3. The van der Waals surface area contributed by atoms with Crippen LogP contribution in [-0.4, -0.2) is 18.5 Å². The van der Waals surface area contributed by atoms with Gasteiger partial charge in [0.25, 0.3) is 5.91 Å². The molecule has 0 aliphatic heterocycles. The van der Waals surface area contributed by atoms with Gasteiger partial charge in [-0.1, -0.05) is 11.6 Å². The van der Waals surface area contributed by atoms with Crippen LogP contribution in [0.1, 0.15) is 23.2 Å². The molecule has 2 rings (SSSR count). The van der Waals surface area contributed by atoms with Crippen LogP contribution in [0.5, 0.6) is 0 Å². The van der Waals surface area contributed by atoms with Gasteiger partial charge in [-0.15, -0.1) is 0 Å². The summed E-state index contributed by atoms with van der Waals surface area (Å²) in [5.41, 5.74) is 5.95. The smallest absolute Gasteiger partial charge is 0.251 e. The summed E-state index contributed by atoms with van der Waals surface area (Å²) >= 11 is 5.62. The van der Waals surface area contributed by atoms with E-state index in [1.165, 1.54) is 18.2 Å². The molecule has 1 aliphatic rings. The molecule has 1 amide bonds. The second-order valence-corrected chi connectivity index (χ2v) is 4.69. The number of carbonyl (C=O) groups is 1. The van der Waals surface area contributed by atoms with Crippen LogP contribution in [-0.2, 0) is 0 Å². The molecule has 1 fully saturated rings. The molecule has 0 saturated heterocycles. The monoisotopic (exact) mass is 256 g/mol. The van der Waals surface area contributed by atoms with Crippen molar-refractivity contribution >= 4 is 17.5 Å². The number of carbonyl (C=O) groups excluding carboxylic acids is 1. The molecule has 3 nitrogen and oxygen atoms in total. The van der Waals surface area contributed by atoms with Crippen LogP contribution in [0.25, 0.3) is 0 Å². The zero-order valence-corrected chi connectivity index (χ0v) is 10.0. The Morgan fingerprint density at radius 1 is 1.59 bits per heavy atom. The molecule has 17 heavy (non-hydrogen) atoms. The Balaban J connectivity index is 2.05. The molecule has 0 heterocycles. The van der Waals surface area contributed by atoms with E-state index in [2.05, 4.69) is 5.32 Å². The van der Waals surface area contributed by atoms with Crippen molar-refractivity contribution in [3.05, 3.63) is 34.6 Å². The van der Waals surface area contributed by atoms with E-state index >= 15 is 0 Å². The van der Waals surface area contributed by atoms with Gasteiger partial charge in [-0.25, -0.2) is 4.39 Å². The topological polar surface area (TPSA) is 55.1 Å². The average molecular weight is 257 g/mol. The standard InChI is InChI=1S/C12H14ClFN2O/c13-9-5-8(3-4-10(9)14)12(17)16-11(6-15)7-1-2-7/h3-5,7,11H,1-2,6,15H2,(H,16,17).